The molecule has 0 saturated carbocycles. The van der Waals surface area contributed by atoms with Crippen LogP contribution in [-0.4, -0.2) is 17.9 Å². The molecule has 0 aliphatic heterocycles. The van der Waals surface area contributed by atoms with Crippen LogP contribution in [0.15, 0.2) is 170 Å². The molecule has 0 heterocycles. The monoisotopic (exact) mass is 726 g/mol. The third-order valence-corrected chi connectivity index (χ3v) is 13.8. The van der Waals surface area contributed by atoms with Gasteiger partial charge < -0.3 is 0 Å². The summed E-state index contributed by atoms with van der Waals surface area (Å²) in [6.45, 7) is 0. The van der Waals surface area contributed by atoms with Crippen LogP contribution in [0.2, 0.25) is 0 Å². The molecule has 0 radical (unpaired) electrons. The van der Waals surface area contributed by atoms with Crippen molar-refractivity contribution in [2.45, 2.75) is 6.42 Å². The van der Waals surface area contributed by atoms with Gasteiger partial charge in [-0.05, 0) is 0 Å². The molecule has 9 rings (SSSR count). The maximum atomic E-state index is 14.7. The summed E-state index contributed by atoms with van der Waals surface area (Å²) in [5, 5.41) is 4.46. The second kappa shape index (κ2) is 13.3. The molecule has 0 atom stereocenters. The summed E-state index contributed by atoms with van der Waals surface area (Å²) < 4.78 is 20.3. The van der Waals surface area contributed by atoms with E-state index in [1.807, 2.05) is 127 Å². The number of carbonyl (C=O) groups excluding carboxylic acids is 3. The third kappa shape index (κ3) is 5.79. The molecule has 0 N–H and O–H groups in total. The first kappa shape index (κ1) is 32.6. The van der Waals surface area contributed by atoms with Gasteiger partial charge >= 0.3 is 311 Å². The number of rotatable bonds is 7. The number of carbonyl (C=O) groups is 3. The molecule has 0 fully saturated rings. The van der Waals surface area contributed by atoms with Crippen molar-refractivity contribution in [3.05, 3.63) is 198 Å². The standard InChI is InChI=1S/C13H9.3C11H8O2.Ti/c1-3-7-12-10(5-1)9-11-6-2-4-8-13(11)12;3*12-11(13)10-7-3-5-8-4-1-2-6-9(8)10;/h1-5,7-8H,9H2;3*1-7H,(H,12,13);/q;;;;+3/p-3. The van der Waals surface area contributed by atoms with Gasteiger partial charge in [0.2, 0.25) is 0 Å². The van der Waals surface area contributed by atoms with Crippen molar-refractivity contribution in [2.75, 3.05) is 0 Å². The molecule has 8 aromatic rings. The normalized spacial score (nSPS) is 11.9. The zero-order chi connectivity index (χ0) is 35.9. The summed E-state index contributed by atoms with van der Waals surface area (Å²) in [5.41, 5.74) is 4.55. The minimum absolute atomic E-state index is 0.261. The van der Waals surface area contributed by atoms with E-state index in [1.54, 1.807) is 42.5 Å². The summed E-state index contributed by atoms with van der Waals surface area (Å²) in [6, 6.07) is 52.1. The first-order valence-electron chi connectivity index (χ1n) is 17.3. The van der Waals surface area contributed by atoms with Gasteiger partial charge in [-0.25, -0.2) is 0 Å². The van der Waals surface area contributed by atoms with E-state index in [1.165, 1.54) is 0 Å². The molecule has 7 heteroatoms. The Labute approximate surface area is 310 Å². The van der Waals surface area contributed by atoms with E-state index in [0.717, 1.165) is 38.4 Å². The van der Waals surface area contributed by atoms with Crippen LogP contribution in [0.4, 0.5) is 0 Å². The van der Waals surface area contributed by atoms with Crippen molar-refractivity contribution in [3.63, 3.8) is 0 Å². The van der Waals surface area contributed by atoms with Gasteiger partial charge in [-0.15, -0.1) is 0 Å². The van der Waals surface area contributed by atoms with Gasteiger partial charge in [-0.2, -0.15) is 0 Å². The molecule has 0 spiro atoms. The van der Waals surface area contributed by atoms with Gasteiger partial charge in [0.15, 0.2) is 0 Å². The fraction of sp³-hybridized carbons (Fsp3) is 0.0217. The molecule has 0 amide bonds. The SMILES string of the molecule is O=C([O][Ti]([O]C(=O)c1cccc2ccccc12)([O]C(=O)c1cccc2ccccc12)[c]1cccc2c1Cc1ccccc1-2)c1cccc2ccccc12. The second-order valence-corrected chi connectivity index (χ2v) is 16.5. The van der Waals surface area contributed by atoms with E-state index in [0.29, 0.717) is 26.4 Å². The number of fused-ring (bicyclic) bond motifs is 6. The van der Waals surface area contributed by atoms with E-state index < -0.39 is 35.7 Å². The van der Waals surface area contributed by atoms with Crippen LogP contribution in [0, 0.1) is 0 Å². The van der Waals surface area contributed by atoms with Crippen LogP contribution >= 0.6 is 0 Å². The molecule has 0 bridgehead atoms. The summed E-state index contributed by atoms with van der Waals surface area (Å²) >= 11 is -5.70. The Bertz CT molecular complexity index is 2530. The van der Waals surface area contributed by atoms with Gasteiger partial charge in [0, 0.05) is 0 Å². The van der Waals surface area contributed by atoms with E-state index in [-0.39, 0.29) is 16.7 Å². The van der Waals surface area contributed by atoms with Crippen LogP contribution < -0.4 is 3.87 Å². The van der Waals surface area contributed by atoms with Crippen molar-refractivity contribution in [2.24, 2.45) is 0 Å². The first-order valence-corrected chi connectivity index (χ1v) is 20.0. The molecular formula is C46H30O6Ti. The molecular weight excluding hydrogens is 696 g/mol. The molecule has 1 aliphatic carbocycles. The van der Waals surface area contributed by atoms with Crippen molar-refractivity contribution in [3.8, 4) is 11.1 Å². The van der Waals surface area contributed by atoms with Crippen LogP contribution in [0.3, 0.4) is 0 Å². The van der Waals surface area contributed by atoms with Crippen molar-refractivity contribution < 1.29 is 42.1 Å². The fourth-order valence-corrected chi connectivity index (χ4v) is 11.2. The minimum atomic E-state index is -5.70. The Morgan fingerprint density at radius 1 is 0.396 bits per heavy atom. The Balaban J connectivity index is 1.27. The number of hydrogen-bond acceptors (Lipinski definition) is 6. The maximum absolute atomic E-state index is 14.7. The average molecular weight is 727 g/mol. The Morgan fingerprint density at radius 2 is 0.774 bits per heavy atom. The zero-order valence-corrected chi connectivity index (χ0v) is 29.9. The Hall–Kier alpha value is -6.34. The van der Waals surface area contributed by atoms with Crippen LogP contribution in [0.1, 0.15) is 42.2 Å². The summed E-state index contributed by atoms with van der Waals surface area (Å²) in [7, 11) is 0. The second-order valence-electron chi connectivity index (χ2n) is 13.0. The zero-order valence-electron chi connectivity index (χ0n) is 28.3. The first-order chi connectivity index (χ1) is 26.0. The quantitative estimate of drug-likeness (QED) is 0.152. The van der Waals surface area contributed by atoms with Crippen LogP contribution in [0.5, 0.6) is 0 Å². The van der Waals surface area contributed by atoms with Gasteiger partial charge in [0.05, 0.1) is 0 Å². The van der Waals surface area contributed by atoms with E-state index in [9.17, 15) is 14.4 Å². The molecule has 254 valence electrons. The Kier molecular flexibility index (Phi) is 8.19. The number of hydrogen-bond donors (Lipinski definition) is 0. The Morgan fingerprint density at radius 3 is 1.26 bits per heavy atom. The molecule has 0 saturated heterocycles. The topological polar surface area (TPSA) is 78.9 Å². The van der Waals surface area contributed by atoms with Crippen molar-refractivity contribution in [1.82, 2.24) is 0 Å². The van der Waals surface area contributed by atoms with E-state index in [4.69, 9.17) is 9.96 Å². The van der Waals surface area contributed by atoms with Crippen LogP contribution in [0.25, 0.3) is 43.4 Å². The fourth-order valence-electron chi connectivity index (χ4n) is 7.41. The van der Waals surface area contributed by atoms with Crippen molar-refractivity contribution >= 4 is 54.1 Å². The van der Waals surface area contributed by atoms with Crippen LogP contribution in [-0.2, 0) is 34.1 Å². The van der Waals surface area contributed by atoms with E-state index >= 15 is 0 Å². The molecule has 6 nitrogen and oxygen atoms in total. The van der Waals surface area contributed by atoms with E-state index in [2.05, 4.69) is 0 Å². The van der Waals surface area contributed by atoms with Gasteiger partial charge in [-0.1, -0.05) is 0 Å². The summed E-state index contributed by atoms with van der Waals surface area (Å²) in [4.78, 5) is 44.0. The molecule has 0 aromatic heterocycles. The van der Waals surface area contributed by atoms with Crippen molar-refractivity contribution in [1.29, 1.82) is 0 Å². The molecule has 53 heavy (non-hydrogen) atoms. The predicted octanol–water partition coefficient (Wildman–Crippen LogP) is 9.81. The molecule has 8 aromatic carbocycles. The van der Waals surface area contributed by atoms with Gasteiger partial charge in [-0.3, -0.25) is 0 Å². The third-order valence-electron chi connectivity index (χ3n) is 9.89. The van der Waals surface area contributed by atoms with Gasteiger partial charge in [0.25, 0.3) is 0 Å². The molecule has 1 aliphatic rings. The summed E-state index contributed by atoms with van der Waals surface area (Å²) in [5.74, 6) is -2.27. The van der Waals surface area contributed by atoms with Gasteiger partial charge in [0.1, 0.15) is 0 Å². The number of benzene rings is 8. The predicted molar refractivity (Wildman–Crippen MR) is 202 cm³/mol. The average Bonchev–Trinajstić information content (AvgIpc) is 3.59. The summed E-state index contributed by atoms with van der Waals surface area (Å²) in [6.07, 6.45) is 0.470. The molecule has 0 unspecified atom stereocenters.